The van der Waals surface area contributed by atoms with Gasteiger partial charge in [-0.1, -0.05) is 18.2 Å². The van der Waals surface area contributed by atoms with Gasteiger partial charge in [-0.2, -0.15) is 13.9 Å². The number of para-hydroxylation sites is 1. The fourth-order valence-corrected chi connectivity index (χ4v) is 3.39. The molecule has 1 amide bonds. The van der Waals surface area contributed by atoms with Crippen molar-refractivity contribution in [3.8, 4) is 22.8 Å². The molecule has 168 valence electrons. The molecular weight excluding hydrogens is 420 g/mol. The summed E-state index contributed by atoms with van der Waals surface area (Å²) >= 11 is 0. The number of aryl methyl sites for hydroxylation is 1. The standard InChI is InChI=1S/C23H23F2N3O4/c1-15-5-2-3-6-17(15)26-21(29)14-28-11-10-18(27-28)16-8-9-19(32-23(24)25)20(13-16)31-22-7-4-12-30-22/h2-3,5-6,8-11,13,22-23H,4,7,12,14H2,1H3,(H,26,29). The second kappa shape index (κ2) is 9.78. The first kappa shape index (κ1) is 21.8. The predicted octanol–water partition coefficient (Wildman–Crippen LogP) is 4.61. The molecule has 32 heavy (non-hydrogen) atoms. The molecule has 1 saturated heterocycles. The number of ether oxygens (including phenoxy) is 3. The number of nitrogens with zero attached hydrogens (tertiary/aromatic N) is 2. The van der Waals surface area contributed by atoms with Crippen LogP contribution in [0.1, 0.15) is 18.4 Å². The minimum Gasteiger partial charge on any atom is -0.461 e. The van der Waals surface area contributed by atoms with Crippen LogP contribution >= 0.6 is 0 Å². The number of amides is 1. The van der Waals surface area contributed by atoms with Gasteiger partial charge < -0.3 is 19.5 Å². The number of rotatable bonds is 8. The second-order valence-corrected chi connectivity index (χ2v) is 7.36. The van der Waals surface area contributed by atoms with Crippen molar-refractivity contribution in [3.05, 3.63) is 60.3 Å². The van der Waals surface area contributed by atoms with Crippen LogP contribution in [0, 0.1) is 6.92 Å². The number of carbonyl (C=O) groups excluding carboxylic acids is 1. The lowest BCUT2D eigenvalue weighted by Gasteiger charge is -2.17. The monoisotopic (exact) mass is 443 g/mol. The van der Waals surface area contributed by atoms with Crippen LogP contribution in [-0.2, 0) is 16.1 Å². The lowest BCUT2D eigenvalue weighted by atomic mass is 10.1. The molecule has 4 rings (SSSR count). The first-order chi connectivity index (χ1) is 15.5. The summed E-state index contributed by atoms with van der Waals surface area (Å²) < 4.78 is 42.8. The summed E-state index contributed by atoms with van der Waals surface area (Å²) in [5, 5.41) is 7.29. The second-order valence-electron chi connectivity index (χ2n) is 7.36. The Kier molecular flexibility index (Phi) is 6.65. The molecule has 3 aromatic rings. The van der Waals surface area contributed by atoms with E-state index in [0.717, 1.165) is 17.7 Å². The fourth-order valence-electron chi connectivity index (χ4n) is 3.39. The van der Waals surface area contributed by atoms with Crippen molar-refractivity contribution >= 4 is 11.6 Å². The molecule has 1 atom stereocenters. The van der Waals surface area contributed by atoms with Gasteiger partial charge in [0.1, 0.15) is 6.54 Å². The number of alkyl halides is 2. The molecule has 1 unspecified atom stereocenters. The molecule has 2 heterocycles. The van der Waals surface area contributed by atoms with E-state index in [9.17, 15) is 13.6 Å². The highest BCUT2D eigenvalue weighted by Gasteiger charge is 2.21. The quantitative estimate of drug-likeness (QED) is 0.550. The highest BCUT2D eigenvalue weighted by molar-refractivity contribution is 5.91. The number of halogens is 2. The molecule has 1 aliphatic rings. The predicted molar refractivity (Wildman–Crippen MR) is 114 cm³/mol. The van der Waals surface area contributed by atoms with Gasteiger partial charge in [-0.05, 0) is 49.2 Å². The Hall–Kier alpha value is -3.46. The Morgan fingerprint density at radius 2 is 2.09 bits per heavy atom. The molecule has 0 bridgehead atoms. The molecule has 0 aliphatic carbocycles. The fraction of sp³-hybridized carbons (Fsp3) is 0.304. The van der Waals surface area contributed by atoms with Gasteiger partial charge in [-0.3, -0.25) is 9.48 Å². The number of carbonyl (C=O) groups is 1. The normalized spacial score (nSPS) is 15.7. The summed E-state index contributed by atoms with van der Waals surface area (Å²) in [5.74, 6) is -0.130. The van der Waals surface area contributed by atoms with Crippen LogP contribution in [-0.4, -0.2) is 35.2 Å². The zero-order valence-electron chi connectivity index (χ0n) is 17.5. The van der Waals surface area contributed by atoms with Gasteiger partial charge in [0.05, 0.1) is 12.3 Å². The van der Waals surface area contributed by atoms with Crippen molar-refractivity contribution in [2.45, 2.75) is 39.2 Å². The smallest absolute Gasteiger partial charge is 0.387 e. The van der Waals surface area contributed by atoms with Gasteiger partial charge in [0.25, 0.3) is 0 Å². The van der Waals surface area contributed by atoms with E-state index in [1.165, 1.54) is 10.7 Å². The molecule has 1 aliphatic heterocycles. The Morgan fingerprint density at radius 1 is 1.25 bits per heavy atom. The van der Waals surface area contributed by atoms with Crippen LogP contribution in [0.3, 0.4) is 0 Å². The van der Waals surface area contributed by atoms with E-state index >= 15 is 0 Å². The highest BCUT2D eigenvalue weighted by Crippen LogP contribution is 2.35. The third-order valence-electron chi connectivity index (χ3n) is 4.97. The third-order valence-corrected chi connectivity index (χ3v) is 4.97. The van der Waals surface area contributed by atoms with Gasteiger partial charge in [-0.15, -0.1) is 0 Å². The van der Waals surface area contributed by atoms with E-state index in [1.54, 1.807) is 24.4 Å². The largest absolute Gasteiger partial charge is 0.461 e. The maximum absolute atomic E-state index is 12.8. The van der Waals surface area contributed by atoms with Crippen LogP contribution in [0.4, 0.5) is 14.5 Å². The van der Waals surface area contributed by atoms with E-state index in [0.29, 0.717) is 24.3 Å². The van der Waals surface area contributed by atoms with Crippen molar-refractivity contribution in [1.29, 1.82) is 0 Å². The Morgan fingerprint density at radius 3 is 2.84 bits per heavy atom. The lowest BCUT2D eigenvalue weighted by molar-refractivity contribution is -0.116. The number of nitrogens with one attached hydrogen (secondary N) is 1. The van der Waals surface area contributed by atoms with E-state index in [1.807, 2.05) is 31.2 Å². The Bertz CT molecular complexity index is 1080. The minimum absolute atomic E-state index is 0.0280. The number of anilines is 1. The van der Waals surface area contributed by atoms with Gasteiger partial charge in [0, 0.05) is 23.9 Å². The van der Waals surface area contributed by atoms with Gasteiger partial charge in [0.15, 0.2) is 17.8 Å². The summed E-state index contributed by atoms with van der Waals surface area (Å²) in [6, 6.07) is 13.8. The average molecular weight is 443 g/mol. The van der Waals surface area contributed by atoms with Crippen LogP contribution in [0.2, 0.25) is 0 Å². The van der Waals surface area contributed by atoms with Crippen LogP contribution in [0.25, 0.3) is 11.3 Å². The van der Waals surface area contributed by atoms with Crippen molar-refractivity contribution in [2.24, 2.45) is 0 Å². The van der Waals surface area contributed by atoms with E-state index < -0.39 is 12.9 Å². The third kappa shape index (κ3) is 5.42. The SMILES string of the molecule is Cc1ccccc1NC(=O)Cn1ccc(-c2ccc(OC(F)F)c(OC3CCCO3)c2)n1. The Labute approximate surface area is 183 Å². The average Bonchev–Trinajstić information content (AvgIpc) is 3.43. The first-order valence-electron chi connectivity index (χ1n) is 10.2. The van der Waals surface area contributed by atoms with Crippen LogP contribution in [0.5, 0.6) is 11.5 Å². The van der Waals surface area contributed by atoms with E-state index in [4.69, 9.17) is 9.47 Å². The van der Waals surface area contributed by atoms with E-state index in [-0.39, 0.29) is 24.0 Å². The lowest BCUT2D eigenvalue weighted by Crippen LogP contribution is -2.19. The molecule has 9 heteroatoms. The Balaban J connectivity index is 1.48. The van der Waals surface area contributed by atoms with Gasteiger partial charge in [-0.25, -0.2) is 0 Å². The molecule has 1 aromatic heterocycles. The number of benzene rings is 2. The van der Waals surface area contributed by atoms with Gasteiger partial charge in [0.2, 0.25) is 5.91 Å². The van der Waals surface area contributed by atoms with Crippen LogP contribution < -0.4 is 14.8 Å². The molecule has 0 saturated carbocycles. The number of hydrogen-bond donors (Lipinski definition) is 1. The number of aromatic nitrogens is 2. The zero-order valence-corrected chi connectivity index (χ0v) is 17.5. The summed E-state index contributed by atoms with van der Waals surface area (Å²) in [4.78, 5) is 12.4. The molecule has 0 radical (unpaired) electrons. The summed E-state index contributed by atoms with van der Waals surface area (Å²) in [5.41, 5.74) is 2.91. The summed E-state index contributed by atoms with van der Waals surface area (Å²) in [6.45, 7) is -0.470. The van der Waals surface area contributed by atoms with Crippen LogP contribution in [0.15, 0.2) is 54.7 Å². The maximum atomic E-state index is 12.8. The summed E-state index contributed by atoms with van der Waals surface area (Å²) in [6.07, 6.45) is 2.68. The molecule has 2 aromatic carbocycles. The van der Waals surface area contributed by atoms with Crippen molar-refractivity contribution in [2.75, 3.05) is 11.9 Å². The number of hydrogen-bond acceptors (Lipinski definition) is 5. The van der Waals surface area contributed by atoms with E-state index in [2.05, 4.69) is 15.2 Å². The molecule has 1 fully saturated rings. The summed E-state index contributed by atoms with van der Waals surface area (Å²) in [7, 11) is 0. The molecular formula is C23H23F2N3O4. The molecule has 0 spiro atoms. The maximum Gasteiger partial charge on any atom is 0.387 e. The topological polar surface area (TPSA) is 74.6 Å². The van der Waals surface area contributed by atoms with Crippen molar-refractivity contribution < 1.29 is 27.8 Å². The molecule has 7 nitrogen and oxygen atoms in total. The van der Waals surface area contributed by atoms with Crippen molar-refractivity contribution in [3.63, 3.8) is 0 Å². The first-order valence-corrected chi connectivity index (χ1v) is 10.2. The highest BCUT2D eigenvalue weighted by atomic mass is 19.3. The minimum atomic E-state index is -2.97. The van der Waals surface area contributed by atoms with Crippen molar-refractivity contribution in [1.82, 2.24) is 9.78 Å². The van der Waals surface area contributed by atoms with Gasteiger partial charge >= 0.3 is 6.61 Å². The molecule has 1 N–H and O–H groups in total. The zero-order chi connectivity index (χ0) is 22.5.